The third-order valence-electron chi connectivity index (χ3n) is 4.10. The number of hydrogen-bond acceptors (Lipinski definition) is 4. The van der Waals surface area contributed by atoms with Crippen molar-refractivity contribution in [1.29, 1.82) is 0 Å². The van der Waals surface area contributed by atoms with Crippen molar-refractivity contribution in [1.82, 2.24) is 4.90 Å². The second-order valence-electron chi connectivity index (χ2n) is 5.86. The molecule has 0 aliphatic carbocycles. The van der Waals surface area contributed by atoms with Gasteiger partial charge in [-0.25, -0.2) is 0 Å². The van der Waals surface area contributed by atoms with Crippen molar-refractivity contribution in [2.75, 3.05) is 13.7 Å². The predicted molar refractivity (Wildman–Crippen MR) is 79.2 cm³/mol. The Morgan fingerprint density at radius 2 is 2.25 bits per heavy atom. The summed E-state index contributed by atoms with van der Waals surface area (Å²) >= 11 is 0. The molecule has 0 radical (unpaired) electrons. The molecule has 0 unspecified atom stereocenters. The largest absolute Gasteiger partial charge is 0.496 e. The number of hydrogen-bond donors (Lipinski definition) is 2. The van der Waals surface area contributed by atoms with Gasteiger partial charge in [0.25, 0.3) is 0 Å². The SMILES string of the molecule is COc1cc(CN2CCCC2(C)C)ccc1/C(N)=N/O. The number of nitrogens with two attached hydrogens (primary N) is 1. The van der Waals surface area contributed by atoms with Crippen LogP contribution in [0.25, 0.3) is 0 Å². The van der Waals surface area contributed by atoms with E-state index in [4.69, 9.17) is 15.7 Å². The summed E-state index contributed by atoms with van der Waals surface area (Å²) in [4.78, 5) is 2.48. The van der Waals surface area contributed by atoms with E-state index in [2.05, 4.69) is 23.9 Å². The van der Waals surface area contributed by atoms with Crippen molar-refractivity contribution in [3.8, 4) is 5.75 Å². The molecule has 2 rings (SSSR count). The first kappa shape index (κ1) is 14.7. The van der Waals surface area contributed by atoms with Crippen LogP contribution >= 0.6 is 0 Å². The maximum Gasteiger partial charge on any atom is 0.173 e. The summed E-state index contributed by atoms with van der Waals surface area (Å²) < 4.78 is 5.33. The second kappa shape index (κ2) is 5.71. The first-order valence-corrected chi connectivity index (χ1v) is 6.88. The first-order chi connectivity index (χ1) is 9.47. The first-order valence-electron chi connectivity index (χ1n) is 6.88. The van der Waals surface area contributed by atoms with E-state index in [0.717, 1.165) is 13.1 Å². The smallest absolute Gasteiger partial charge is 0.173 e. The summed E-state index contributed by atoms with van der Waals surface area (Å²) in [6.45, 7) is 6.57. The summed E-state index contributed by atoms with van der Waals surface area (Å²) in [5, 5.41) is 11.8. The van der Waals surface area contributed by atoms with Gasteiger partial charge in [-0.1, -0.05) is 11.2 Å². The van der Waals surface area contributed by atoms with Gasteiger partial charge in [0.1, 0.15) is 5.75 Å². The summed E-state index contributed by atoms with van der Waals surface area (Å²) in [6.07, 6.45) is 2.47. The Balaban J connectivity index is 2.22. The summed E-state index contributed by atoms with van der Waals surface area (Å²) in [5.74, 6) is 0.699. The second-order valence-corrected chi connectivity index (χ2v) is 5.86. The molecule has 1 heterocycles. The van der Waals surface area contributed by atoms with E-state index in [1.165, 1.54) is 18.4 Å². The molecule has 20 heavy (non-hydrogen) atoms. The highest BCUT2D eigenvalue weighted by Crippen LogP contribution is 2.30. The Morgan fingerprint density at radius 3 is 2.80 bits per heavy atom. The van der Waals surface area contributed by atoms with E-state index >= 15 is 0 Å². The Hall–Kier alpha value is -1.75. The van der Waals surface area contributed by atoms with E-state index < -0.39 is 0 Å². The zero-order chi connectivity index (χ0) is 14.8. The van der Waals surface area contributed by atoms with Crippen LogP contribution in [0.15, 0.2) is 23.4 Å². The van der Waals surface area contributed by atoms with Gasteiger partial charge in [0.15, 0.2) is 5.84 Å². The molecule has 1 fully saturated rings. The quantitative estimate of drug-likeness (QED) is 0.383. The van der Waals surface area contributed by atoms with Crippen molar-refractivity contribution < 1.29 is 9.94 Å². The highest BCUT2D eigenvalue weighted by Gasteiger charge is 2.31. The van der Waals surface area contributed by atoms with Gasteiger partial charge >= 0.3 is 0 Å². The zero-order valence-corrected chi connectivity index (χ0v) is 12.4. The van der Waals surface area contributed by atoms with Crippen molar-refractivity contribution >= 4 is 5.84 Å². The number of rotatable bonds is 4. The summed E-state index contributed by atoms with van der Waals surface area (Å²) in [5.41, 5.74) is 7.67. The average molecular weight is 277 g/mol. The van der Waals surface area contributed by atoms with Crippen molar-refractivity contribution in [2.24, 2.45) is 10.9 Å². The molecular weight excluding hydrogens is 254 g/mol. The lowest BCUT2D eigenvalue weighted by atomic mass is 10.0. The van der Waals surface area contributed by atoms with Gasteiger partial charge < -0.3 is 15.7 Å². The number of oxime groups is 1. The number of amidine groups is 1. The minimum absolute atomic E-state index is 0.0647. The molecule has 1 aliphatic heterocycles. The maximum absolute atomic E-state index is 8.78. The molecule has 110 valence electrons. The van der Waals surface area contributed by atoms with Crippen molar-refractivity contribution in [3.63, 3.8) is 0 Å². The molecule has 0 aromatic heterocycles. The van der Waals surface area contributed by atoms with E-state index in [-0.39, 0.29) is 11.4 Å². The van der Waals surface area contributed by atoms with Crippen LogP contribution in [0, 0.1) is 0 Å². The van der Waals surface area contributed by atoms with Gasteiger partial charge in [0.05, 0.1) is 12.7 Å². The van der Waals surface area contributed by atoms with Gasteiger partial charge in [-0.3, -0.25) is 4.90 Å². The molecule has 1 saturated heterocycles. The number of methoxy groups -OCH3 is 1. The lowest BCUT2D eigenvalue weighted by Crippen LogP contribution is -2.37. The van der Waals surface area contributed by atoms with Crippen LogP contribution in [-0.4, -0.2) is 35.1 Å². The molecule has 1 aliphatic rings. The molecule has 0 spiro atoms. The van der Waals surface area contributed by atoms with E-state index in [1.54, 1.807) is 7.11 Å². The van der Waals surface area contributed by atoms with Gasteiger partial charge in [-0.15, -0.1) is 0 Å². The van der Waals surface area contributed by atoms with Gasteiger partial charge in [-0.05, 0) is 50.9 Å². The van der Waals surface area contributed by atoms with Crippen LogP contribution in [0.2, 0.25) is 0 Å². The van der Waals surface area contributed by atoms with Crippen LogP contribution < -0.4 is 10.5 Å². The predicted octanol–water partition coefficient (Wildman–Crippen LogP) is 2.16. The molecule has 5 heteroatoms. The highest BCUT2D eigenvalue weighted by atomic mass is 16.5. The topological polar surface area (TPSA) is 71.1 Å². The molecule has 0 atom stereocenters. The maximum atomic E-state index is 8.78. The number of ether oxygens (including phenoxy) is 1. The van der Waals surface area contributed by atoms with Crippen LogP contribution in [0.1, 0.15) is 37.8 Å². The number of benzene rings is 1. The Bertz CT molecular complexity index is 512. The van der Waals surface area contributed by atoms with E-state index in [9.17, 15) is 0 Å². The van der Waals surface area contributed by atoms with Crippen LogP contribution in [0.4, 0.5) is 0 Å². The molecular formula is C15H23N3O2. The average Bonchev–Trinajstić information content (AvgIpc) is 2.77. The molecule has 1 aromatic rings. The van der Waals surface area contributed by atoms with Gasteiger partial charge in [0, 0.05) is 12.1 Å². The molecule has 0 bridgehead atoms. The summed E-state index contributed by atoms with van der Waals surface area (Å²) in [7, 11) is 1.59. The minimum Gasteiger partial charge on any atom is -0.496 e. The standard InChI is InChI=1S/C15H23N3O2/c1-15(2)7-4-8-18(15)10-11-5-6-12(14(16)17-19)13(9-11)20-3/h5-6,9,19H,4,7-8,10H2,1-3H3,(H2,16,17). The fraction of sp³-hybridized carbons (Fsp3) is 0.533. The van der Waals surface area contributed by atoms with Crippen LogP contribution in [-0.2, 0) is 6.54 Å². The lowest BCUT2D eigenvalue weighted by molar-refractivity contribution is 0.166. The fourth-order valence-electron chi connectivity index (χ4n) is 2.78. The molecule has 0 saturated carbocycles. The normalized spacial score (nSPS) is 19.2. The van der Waals surface area contributed by atoms with Gasteiger partial charge in [0.2, 0.25) is 0 Å². The third-order valence-corrected chi connectivity index (χ3v) is 4.10. The zero-order valence-electron chi connectivity index (χ0n) is 12.4. The Labute approximate surface area is 120 Å². The highest BCUT2D eigenvalue weighted by molar-refractivity contribution is 5.99. The molecule has 0 amide bonds. The van der Waals surface area contributed by atoms with Gasteiger partial charge in [-0.2, -0.15) is 0 Å². The Morgan fingerprint density at radius 1 is 1.50 bits per heavy atom. The van der Waals surface area contributed by atoms with E-state index in [1.807, 2.05) is 18.2 Å². The van der Waals surface area contributed by atoms with Crippen LogP contribution in [0.3, 0.4) is 0 Å². The number of nitrogens with zero attached hydrogens (tertiary/aromatic N) is 2. The van der Waals surface area contributed by atoms with Crippen LogP contribution in [0.5, 0.6) is 5.75 Å². The lowest BCUT2D eigenvalue weighted by Gasteiger charge is -2.31. The molecule has 3 N–H and O–H groups in total. The minimum atomic E-state index is 0.0647. The van der Waals surface area contributed by atoms with Crippen molar-refractivity contribution in [2.45, 2.75) is 38.8 Å². The fourth-order valence-corrected chi connectivity index (χ4v) is 2.78. The van der Waals surface area contributed by atoms with E-state index in [0.29, 0.717) is 11.3 Å². The monoisotopic (exact) mass is 277 g/mol. The molecule has 5 nitrogen and oxygen atoms in total. The number of likely N-dealkylation sites (tertiary alicyclic amines) is 1. The molecule has 1 aromatic carbocycles. The summed E-state index contributed by atoms with van der Waals surface area (Å²) in [6, 6.07) is 5.80. The Kier molecular flexibility index (Phi) is 4.18. The van der Waals surface area contributed by atoms with Crippen molar-refractivity contribution in [3.05, 3.63) is 29.3 Å². The third kappa shape index (κ3) is 2.88.